The molecule has 85 valence electrons. The first-order chi connectivity index (χ1) is 8.95. The van der Waals surface area contributed by atoms with E-state index in [1.165, 1.54) is 22.3 Å². The Morgan fingerprint density at radius 3 is 2.22 bits per heavy atom. The van der Waals surface area contributed by atoms with Gasteiger partial charge in [-0.3, -0.25) is 4.98 Å². The van der Waals surface area contributed by atoms with Crippen molar-refractivity contribution in [3.63, 3.8) is 0 Å². The Morgan fingerprint density at radius 2 is 1.44 bits per heavy atom. The van der Waals surface area contributed by atoms with Crippen LogP contribution < -0.4 is 0 Å². The maximum Gasteiger partial charge on any atom is 0.0273 e. The zero-order valence-electron chi connectivity index (χ0n) is 9.88. The summed E-state index contributed by atoms with van der Waals surface area (Å²) in [5, 5.41) is 0. The van der Waals surface area contributed by atoms with E-state index in [1.54, 1.807) is 0 Å². The van der Waals surface area contributed by atoms with Gasteiger partial charge in [0.15, 0.2) is 0 Å². The van der Waals surface area contributed by atoms with Crippen molar-refractivity contribution in [1.29, 1.82) is 0 Å². The van der Waals surface area contributed by atoms with Crippen LogP contribution in [0.25, 0.3) is 22.3 Å². The highest BCUT2D eigenvalue weighted by molar-refractivity contribution is 5.82. The van der Waals surface area contributed by atoms with Gasteiger partial charge >= 0.3 is 0 Å². The second-order valence-electron chi connectivity index (χ2n) is 4.07. The minimum Gasteiger partial charge on any atom is -0.265 e. The molecule has 0 N–H and O–H groups in total. The zero-order chi connectivity index (χ0) is 12.2. The van der Waals surface area contributed by atoms with Gasteiger partial charge in [0.25, 0.3) is 0 Å². The fourth-order valence-corrected chi connectivity index (χ4v) is 2.07. The second kappa shape index (κ2) is 4.84. The van der Waals surface area contributed by atoms with Gasteiger partial charge in [0.1, 0.15) is 0 Å². The van der Waals surface area contributed by atoms with Crippen molar-refractivity contribution in [3.05, 3.63) is 79.1 Å². The van der Waals surface area contributed by atoms with Crippen molar-refractivity contribution < 1.29 is 0 Å². The molecule has 0 unspecified atom stereocenters. The SMILES string of the molecule is [c]1ccc(-c2ccccc2)c(-c2ccncc2)c1. The molecule has 1 aromatic heterocycles. The molecule has 0 saturated heterocycles. The van der Waals surface area contributed by atoms with E-state index in [1.807, 2.05) is 42.7 Å². The molecule has 18 heavy (non-hydrogen) atoms. The fraction of sp³-hybridized carbons (Fsp3) is 0. The third-order valence-corrected chi connectivity index (χ3v) is 2.94. The van der Waals surface area contributed by atoms with Crippen molar-refractivity contribution in [2.75, 3.05) is 0 Å². The average molecular weight is 230 g/mol. The lowest BCUT2D eigenvalue weighted by Gasteiger charge is -2.09. The summed E-state index contributed by atoms with van der Waals surface area (Å²) in [5.74, 6) is 0. The molecule has 0 amide bonds. The third kappa shape index (κ3) is 2.03. The molecular weight excluding hydrogens is 218 g/mol. The quantitative estimate of drug-likeness (QED) is 0.642. The molecule has 0 spiro atoms. The summed E-state index contributed by atoms with van der Waals surface area (Å²) in [4.78, 5) is 4.06. The van der Waals surface area contributed by atoms with E-state index in [0.29, 0.717) is 0 Å². The molecule has 0 bridgehead atoms. The Balaban J connectivity index is 2.18. The van der Waals surface area contributed by atoms with Crippen LogP contribution in [0.2, 0.25) is 0 Å². The van der Waals surface area contributed by atoms with Crippen molar-refractivity contribution in [2.24, 2.45) is 0 Å². The minimum absolute atomic E-state index is 1.17. The lowest BCUT2D eigenvalue weighted by molar-refractivity contribution is 1.33. The van der Waals surface area contributed by atoms with Gasteiger partial charge in [0.2, 0.25) is 0 Å². The number of aromatic nitrogens is 1. The Bertz CT molecular complexity index is 572. The molecule has 1 radical (unpaired) electrons. The van der Waals surface area contributed by atoms with E-state index < -0.39 is 0 Å². The maximum absolute atomic E-state index is 4.06. The Hall–Kier alpha value is -2.41. The van der Waals surface area contributed by atoms with Crippen LogP contribution in [0, 0.1) is 6.07 Å². The van der Waals surface area contributed by atoms with Crippen LogP contribution in [0.1, 0.15) is 0 Å². The number of hydrogen-bond donors (Lipinski definition) is 0. The molecular formula is C17H12N. The first-order valence-corrected chi connectivity index (χ1v) is 5.91. The topological polar surface area (TPSA) is 12.9 Å². The summed E-state index contributed by atoms with van der Waals surface area (Å²) in [5.41, 5.74) is 4.80. The highest BCUT2D eigenvalue weighted by Gasteiger charge is 2.05. The van der Waals surface area contributed by atoms with E-state index in [4.69, 9.17) is 0 Å². The molecule has 0 aliphatic heterocycles. The highest BCUT2D eigenvalue weighted by atomic mass is 14.6. The van der Waals surface area contributed by atoms with Crippen LogP contribution in [0.3, 0.4) is 0 Å². The monoisotopic (exact) mass is 230 g/mol. The Morgan fingerprint density at radius 1 is 0.722 bits per heavy atom. The summed E-state index contributed by atoms with van der Waals surface area (Å²) in [6.07, 6.45) is 3.63. The summed E-state index contributed by atoms with van der Waals surface area (Å²) in [6, 6.07) is 23.7. The van der Waals surface area contributed by atoms with E-state index in [0.717, 1.165) is 0 Å². The van der Waals surface area contributed by atoms with E-state index in [9.17, 15) is 0 Å². The van der Waals surface area contributed by atoms with Crippen LogP contribution in [0.4, 0.5) is 0 Å². The van der Waals surface area contributed by atoms with Gasteiger partial charge in [-0.05, 0) is 46.5 Å². The number of benzene rings is 2. The largest absolute Gasteiger partial charge is 0.265 e. The normalized spacial score (nSPS) is 10.2. The number of rotatable bonds is 2. The summed E-state index contributed by atoms with van der Waals surface area (Å²) < 4.78 is 0. The molecule has 1 heteroatoms. The number of nitrogens with zero attached hydrogens (tertiary/aromatic N) is 1. The van der Waals surface area contributed by atoms with Gasteiger partial charge in [-0.2, -0.15) is 0 Å². The number of pyridine rings is 1. The molecule has 0 saturated carbocycles. The Kier molecular flexibility index (Phi) is 2.89. The molecule has 1 nitrogen and oxygen atoms in total. The van der Waals surface area contributed by atoms with Gasteiger partial charge in [0, 0.05) is 12.4 Å². The average Bonchev–Trinajstić information content (AvgIpc) is 2.49. The van der Waals surface area contributed by atoms with Crippen LogP contribution in [-0.2, 0) is 0 Å². The highest BCUT2D eigenvalue weighted by Crippen LogP contribution is 2.31. The van der Waals surface area contributed by atoms with Crippen LogP contribution >= 0.6 is 0 Å². The van der Waals surface area contributed by atoms with Crippen LogP contribution in [-0.4, -0.2) is 4.98 Å². The summed E-state index contributed by atoms with van der Waals surface area (Å²) in [6.45, 7) is 0. The lowest BCUT2D eigenvalue weighted by Crippen LogP contribution is -1.84. The Labute approximate surface area is 107 Å². The molecule has 2 aromatic carbocycles. The first kappa shape index (κ1) is 10.7. The van der Waals surface area contributed by atoms with Gasteiger partial charge < -0.3 is 0 Å². The fourth-order valence-electron chi connectivity index (χ4n) is 2.07. The van der Waals surface area contributed by atoms with Crippen LogP contribution in [0.5, 0.6) is 0 Å². The summed E-state index contributed by atoms with van der Waals surface area (Å²) >= 11 is 0. The van der Waals surface area contributed by atoms with Crippen molar-refractivity contribution in [2.45, 2.75) is 0 Å². The van der Waals surface area contributed by atoms with Crippen molar-refractivity contribution >= 4 is 0 Å². The van der Waals surface area contributed by atoms with Crippen molar-refractivity contribution in [3.8, 4) is 22.3 Å². The molecule has 0 atom stereocenters. The van der Waals surface area contributed by atoms with Gasteiger partial charge in [-0.1, -0.05) is 42.5 Å². The predicted octanol–water partition coefficient (Wildman–Crippen LogP) is 4.22. The molecule has 0 fully saturated rings. The zero-order valence-corrected chi connectivity index (χ0v) is 9.88. The number of hydrogen-bond acceptors (Lipinski definition) is 1. The summed E-state index contributed by atoms with van der Waals surface area (Å²) in [7, 11) is 0. The molecule has 3 rings (SSSR count). The smallest absolute Gasteiger partial charge is 0.0273 e. The van der Waals surface area contributed by atoms with E-state index in [2.05, 4.69) is 41.4 Å². The first-order valence-electron chi connectivity index (χ1n) is 5.91. The van der Waals surface area contributed by atoms with E-state index >= 15 is 0 Å². The lowest BCUT2D eigenvalue weighted by atomic mass is 9.95. The molecule has 1 heterocycles. The predicted molar refractivity (Wildman–Crippen MR) is 73.9 cm³/mol. The second-order valence-corrected chi connectivity index (χ2v) is 4.07. The standard InChI is InChI=1S/C17H12N/c1-2-6-14(7-3-1)16-8-4-5-9-17(16)15-10-12-18-13-11-15/h1-4,6-13H. The van der Waals surface area contributed by atoms with Crippen LogP contribution in [0.15, 0.2) is 73.1 Å². The molecule has 3 aromatic rings. The molecule has 0 aliphatic rings. The maximum atomic E-state index is 4.06. The van der Waals surface area contributed by atoms with Gasteiger partial charge in [0.05, 0.1) is 0 Å². The van der Waals surface area contributed by atoms with E-state index in [-0.39, 0.29) is 0 Å². The van der Waals surface area contributed by atoms with Gasteiger partial charge in [-0.15, -0.1) is 0 Å². The molecule has 0 aliphatic carbocycles. The van der Waals surface area contributed by atoms with Crippen molar-refractivity contribution in [1.82, 2.24) is 4.98 Å². The third-order valence-electron chi connectivity index (χ3n) is 2.94. The van der Waals surface area contributed by atoms with Gasteiger partial charge in [-0.25, -0.2) is 0 Å². The minimum atomic E-state index is 1.17.